The van der Waals surface area contributed by atoms with Crippen molar-refractivity contribution in [2.45, 2.75) is 48.7 Å². The first-order valence-electron chi connectivity index (χ1n) is 8.34. The third-order valence-electron chi connectivity index (χ3n) is 4.36. The zero-order valence-electron chi connectivity index (χ0n) is 14.7. The van der Waals surface area contributed by atoms with Crippen LogP contribution in [0.15, 0.2) is 35.3 Å². The highest BCUT2D eigenvalue weighted by Gasteiger charge is 2.57. The first-order chi connectivity index (χ1) is 12.7. The van der Waals surface area contributed by atoms with Gasteiger partial charge in [-0.1, -0.05) is 42.1 Å². The van der Waals surface area contributed by atoms with Crippen molar-refractivity contribution >= 4 is 16.9 Å². The molecule has 2 aliphatic heterocycles. The van der Waals surface area contributed by atoms with Crippen LogP contribution in [0.25, 0.3) is 0 Å². The van der Waals surface area contributed by atoms with Crippen LogP contribution in [0.4, 0.5) is 13.2 Å². The number of hydrogen-bond acceptors (Lipinski definition) is 7. The molecule has 0 bridgehead atoms. The average Bonchev–Trinajstić information content (AvgIpc) is 3.03. The zero-order chi connectivity index (χ0) is 19.8. The summed E-state index contributed by atoms with van der Waals surface area (Å²) in [5, 5.41) is 21.1. The molecule has 0 aliphatic carbocycles. The highest BCUT2D eigenvalue weighted by atomic mass is 32.2. The number of amidine groups is 1. The molecule has 0 amide bonds. The molecule has 1 aromatic carbocycles. The molecule has 0 spiro atoms. The molecule has 27 heavy (non-hydrogen) atoms. The van der Waals surface area contributed by atoms with Gasteiger partial charge in [0.1, 0.15) is 29.8 Å². The van der Waals surface area contributed by atoms with E-state index in [9.17, 15) is 23.4 Å². The van der Waals surface area contributed by atoms with Crippen LogP contribution in [0.3, 0.4) is 0 Å². The van der Waals surface area contributed by atoms with E-state index in [-0.39, 0.29) is 6.61 Å². The predicted octanol–water partition coefficient (Wildman–Crippen LogP) is 1.61. The number of aliphatic hydroxyl groups is 2. The van der Waals surface area contributed by atoms with Crippen molar-refractivity contribution < 1.29 is 32.9 Å². The van der Waals surface area contributed by atoms with Crippen molar-refractivity contribution in [2.75, 3.05) is 14.1 Å². The Hall–Kier alpha value is -1.33. The highest BCUT2D eigenvalue weighted by molar-refractivity contribution is 8.14. The molecule has 150 valence electrons. The summed E-state index contributed by atoms with van der Waals surface area (Å²) in [6.45, 7) is -0.297. The third kappa shape index (κ3) is 4.40. The van der Waals surface area contributed by atoms with E-state index < -0.39 is 42.1 Å². The van der Waals surface area contributed by atoms with Crippen LogP contribution < -0.4 is 0 Å². The Morgan fingerprint density at radius 1 is 1.22 bits per heavy atom. The lowest BCUT2D eigenvalue weighted by atomic mass is 9.94. The highest BCUT2D eigenvalue weighted by Crippen LogP contribution is 2.40. The predicted molar refractivity (Wildman–Crippen MR) is 94.2 cm³/mol. The van der Waals surface area contributed by atoms with Gasteiger partial charge in [-0.15, -0.1) is 0 Å². The summed E-state index contributed by atoms with van der Waals surface area (Å²) in [7, 11) is 3.45. The fourth-order valence-electron chi connectivity index (χ4n) is 2.98. The molecular formula is C17H21F3N2O4S. The molecule has 6 atom stereocenters. The maximum absolute atomic E-state index is 13.6. The lowest BCUT2D eigenvalue weighted by Gasteiger charge is -2.41. The summed E-state index contributed by atoms with van der Waals surface area (Å²) in [6, 6.07) is 7.57. The van der Waals surface area contributed by atoms with E-state index in [4.69, 9.17) is 9.47 Å². The van der Waals surface area contributed by atoms with E-state index >= 15 is 0 Å². The fraction of sp³-hybridized carbons (Fsp3) is 0.588. The van der Waals surface area contributed by atoms with Gasteiger partial charge >= 0.3 is 6.18 Å². The second-order valence-corrected chi connectivity index (χ2v) is 7.69. The Balaban J connectivity index is 1.77. The molecule has 1 fully saturated rings. The lowest BCUT2D eigenvalue weighted by molar-refractivity contribution is -0.286. The molecule has 10 heteroatoms. The number of ether oxygens (including phenoxy) is 2. The summed E-state index contributed by atoms with van der Waals surface area (Å²) in [5.74, 6) is 0. The summed E-state index contributed by atoms with van der Waals surface area (Å²) >= 11 is 1.11. The normalized spacial score (nSPS) is 32.0. The molecule has 0 aromatic heterocycles. The van der Waals surface area contributed by atoms with Gasteiger partial charge < -0.3 is 24.6 Å². The van der Waals surface area contributed by atoms with Crippen molar-refractivity contribution in [3.63, 3.8) is 0 Å². The van der Waals surface area contributed by atoms with Gasteiger partial charge in [0.25, 0.3) is 0 Å². The molecule has 6 nitrogen and oxygen atoms in total. The van der Waals surface area contributed by atoms with Crippen LogP contribution in [0.5, 0.6) is 0 Å². The smallest absolute Gasteiger partial charge is 0.388 e. The van der Waals surface area contributed by atoms with Crippen LogP contribution in [-0.2, 0) is 16.1 Å². The maximum atomic E-state index is 13.6. The molecule has 0 radical (unpaired) electrons. The van der Waals surface area contributed by atoms with Crippen molar-refractivity contribution in [3.8, 4) is 0 Å². The van der Waals surface area contributed by atoms with Gasteiger partial charge in [-0.3, -0.25) is 4.99 Å². The first-order valence-corrected chi connectivity index (χ1v) is 9.22. The minimum absolute atomic E-state index is 0.297. The minimum Gasteiger partial charge on any atom is -0.388 e. The third-order valence-corrected chi connectivity index (χ3v) is 5.67. The monoisotopic (exact) mass is 406 g/mol. The van der Waals surface area contributed by atoms with E-state index in [1.165, 1.54) is 0 Å². The fourth-order valence-corrected chi connectivity index (χ4v) is 4.12. The van der Waals surface area contributed by atoms with Gasteiger partial charge in [0.2, 0.25) is 0 Å². The largest absolute Gasteiger partial charge is 0.417 e. The molecule has 2 heterocycles. The molecule has 1 saturated heterocycles. The molecule has 0 saturated carbocycles. The Labute approximate surface area is 159 Å². The molecule has 3 rings (SSSR count). The summed E-state index contributed by atoms with van der Waals surface area (Å²) in [4.78, 5) is 5.91. The SMILES string of the molecule is CN(C)C1=N[C@@H]2[C@@H](O)[C@H](O)[C@@H]([C@H](OCc3ccccc3)C(F)(F)F)O[C@@H]2S1. The van der Waals surface area contributed by atoms with Crippen LogP contribution in [0, 0.1) is 0 Å². The molecular weight excluding hydrogens is 385 g/mol. The van der Waals surface area contributed by atoms with E-state index in [2.05, 4.69) is 4.99 Å². The number of thioether (sulfide) groups is 1. The number of aliphatic hydroxyl groups excluding tert-OH is 2. The van der Waals surface area contributed by atoms with E-state index in [1.807, 2.05) is 0 Å². The number of fused-ring (bicyclic) bond motifs is 1. The zero-order valence-corrected chi connectivity index (χ0v) is 15.5. The van der Waals surface area contributed by atoms with Gasteiger partial charge in [-0.05, 0) is 5.56 Å². The second kappa shape index (κ2) is 7.96. The Bertz CT molecular complexity index is 674. The maximum Gasteiger partial charge on any atom is 0.417 e. The van der Waals surface area contributed by atoms with Crippen molar-refractivity contribution in [3.05, 3.63) is 35.9 Å². The quantitative estimate of drug-likeness (QED) is 0.792. The summed E-state index contributed by atoms with van der Waals surface area (Å²) < 4.78 is 51.5. The van der Waals surface area contributed by atoms with Crippen LogP contribution in [0.2, 0.25) is 0 Å². The van der Waals surface area contributed by atoms with Crippen molar-refractivity contribution in [2.24, 2.45) is 4.99 Å². The van der Waals surface area contributed by atoms with Gasteiger partial charge in [0.15, 0.2) is 11.3 Å². The average molecular weight is 406 g/mol. The Morgan fingerprint density at radius 2 is 1.89 bits per heavy atom. The van der Waals surface area contributed by atoms with Gasteiger partial charge in [-0.2, -0.15) is 13.2 Å². The van der Waals surface area contributed by atoms with Crippen LogP contribution in [0.1, 0.15) is 5.56 Å². The van der Waals surface area contributed by atoms with Crippen LogP contribution >= 0.6 is 11.8 Å². The van der Waals surface area contributed by atoms with Crippen molar-refractivity contribution in [1.29, 1.82) is 0 Å². The van der Waals surface area contributed by atoms with Gasteiger partial charge in [-0.25, -0.2) is 0 Å². The first kappa shape index (κ1) is 20.4. The van der Waals surface area contributed by atoms with Crippen molar-refractivity contribution in [1.82, 2.24) is 4.90 Å². The van der Waals surface area contributed by atoms with Gasteiger partial charge in [0.05, 0.1) is 6.61 Å². The second-order valence-electron chi connectivity index (χ2n) is 6.62. The summed E-state index contributed by atoms with van der Waals surface area (Å²) in [6.07, 6.45) is -12.2. The Morgan fingerprint density at radius 3 is 2.48 bits per heavy atom. The Kier molecular flexibility index (Phi) is 6.02. The number of alkyl halides is 3. The standard InChI is InChI=1S/C17H21F3N2O4S/c1-22(2)16-21-10-11(23)12(24)13(26-15(10)27-16)14(17(18,19)20)25-8-9-6-4-3-5-7-9/h3-7,10-15,23-24H,8H2,1-2H3/t10-,11-,12+,13+,14+,15-/m1/s1. The lowest BCUT2D eigenvalue weighted by Crippen LogP contribution is -2.61. The number of hydrogen-bond donors (Lipinski definition) is 2. The summed E-state index contributed by atoms with van der Waals surface area (Å²) in [5.41, 5.74) is -0.264. The minimum atomic E-state index is -4.78. The molecule has 2 aliphatic rings. The number of benzene rings is 1. The van der Waals surface area contributed by atoms with Gasteiger partial charge in [0, 0.05) is 14.1 Å². The van der Waals surface area contributed by atoms with E-state index in [0.29, 0.717) is 10.7 Å². The molecule has 2 N–H and O–H groups in total. The number of nitrogens with zero attached hydrogens (tertiary/aromatic N) is 2. The number of rotatable bonds is 4. The molecule has 1 aromatic rings. The van der Waals surface area contributed by atoms with E-state index in [1.54, 1.807) is 49.3 Å². The molecule has 0 unspecified atom stereocenters. The van der Waals surface area contributed by atoms with E-state index in [0.717, 1.165) is 11.8 Å². The number of halogens is 3. The van der Waals surface area contributed by atoms with Crippen LogP contribution in [-0.4, -0.2) is 76.4 Å². The topological polar surface area (TPSA) is 74.5 Å². The number of aliphatic imine (C=N–C) groups is 1.